The molecule has 0 spiro atoms. The Morgan fingerprint density at radius 2 is 1.22 bits per heavy atom. The van der Waals surface area contributed by atoms with Gasteiger partial charge in [-0.2, -0.15) is 0 Å². The summed E-state index contributed by atoms with van der Waals surface area (Å²) >= 11 is 0. The van der Waals surface area contributed by atoms with Gasteiger partial charge in [-0.1, -0.05) is 0 Å². The quantitative estimate of drug-likeness (QED) is 0.725. The van der Waals surface area contributed by atoms with E-state index < -0.39 is 0 Å². The number of methoxy groups -OCH3 is 5. The zero-order valence-corrected chi connectivity index (χ0v) is 16.0. The highest BCUT2D eigenvalue weighted by atomic mass is 16.5. The highest BCUT2D eigenvalue weighted by Gasteiger charge is 2.27. The zero-order chi connectivity index (χ0) is 19.6. The van der Waals surface area contributed by atoms with Crippen LogP contribution in [-0.4, -0.2) is 41.3 Å². The van der Waals surface area contributed by atoms with Crippen LogP contribution < -0.4 is 23.7 Å². The maximum Gasteiger partial charge on any atom is 0.189 e. The van der Waals surface area contributed by atoms with Crippen molar-refractivity contribution >= 4 is 11.9 Å². The number of hydrogen-bond donors (Lipinski definition) is 0. The maximum atomic E-state index is 12.9. The normalized spacial score (nSPS) is 14.1. The lowest BCUT2D eigenvalue weighted by atomic mass is 10.1. The number of carbonyl (C=O) groups excluding carboxylic acids is 1. The first kappa shape index (κ1) is 18.6. The van der Waals surface area contributed by atoms with E-state index in [9.17, 15) is 4.79 Å². The third-order valence-electron chi connectivity index (χ3n) is 4.59. The molecule has 0 aliphatic heterocycles. The molecule has 6 nitrogen and oxygen atoms in total. The van der Waals surface area contributed by atoms with Crippen LogP contribution in [0, 0.1) is 0 Å². The first-order valence-electron chi connectivity index (χ1n) is 8.36. The summed E-state index contributed by atoms with van der Waals surface area (Å²) in [7, 11) is 7.83. The number of Topliss-reactive ketones (excluding diaryl/α,β-unsaturated/α-hetero) is 1. The number of fused-ring (bicyclic) bond motifs is 1. The molecule has 0 saturated carbocycles. The SMILES string of the molecule is COc1cc(OC)c(OC)cc1/C=C1/Cc2cc(OC)c(OC)cc2C1=O. The highest BCUT2D eigenvalue weighted by molar-refractivity contribution is 6.16. The summed E-state index contributed by atoms with van der Waals surface area (Å²) in [5.41, 5.74) is 2.93. The van der Waals surface area contributed by atoms with Crippen LogP contribution >= 0.6 is 0 Å². The Balaban J connectivity index is 2.05. The summed E-state index contributed by atoms with van der Waals surface area (Å²) < 4.78 is 26.8. The minimum absolute atomic E-state index is 0.0391. The Morgan fingerprint density at radius 3 is 1.81 bits per heavy atom. The molecule has 0 saturated heterocycles. The largest absolute Gasteiger partial charge is 0.496 e. The van der Waals surface area contributed by atoms with Crippen LogP contribution in [0.4, 0.5) is 0 Å². The summed E-state index contributed by atoms with van der Waals surface area (Å²) in [5.74, 6) is 2.83. The first-order chi connectivity index (χ1) is 13.1. The molecular weight excluding hydrogens is 348 g/mol. The molecule has 0 fully saturated rings. The van der Waals surface area contributed by atoms with E-state index in [-0.39, 0.29) is 5.78 Å². The van der Waals surface area contributed by atoms with E-state index in [1.165, 1.54) is 0 Å². The molecule has 3 rings (SSSR count). The molecule has 1 aliphatic rings. The fourth-order valence-corrected chi connectivity index (χ4v) is 3.21. The Morgan fingerprint density at radius 1 is 0.704 bits per heavy atom. The van der Waals surface area contributed by atoms with E-state index in [2.05, 4.69) is 0 Å². The molecule has 27 heavy (non-hydrogen) atoms. The van der Waals surface area contributed by atoms with Gasteiger partial charge in [-0.3, -0.25) is 4.79 Å². The lowest BCUT2D eigenvalue weighted by Gasteiger charge is -2.12. The summed E-state index contributed by atoms with van der Waals surface area (Å²) in [6, 6.07) is 7.11. The van der Waals surface area contributed by atoms with Crippen LogP contribution in [0.3, 0.4) is 0 Å². The Labute approximate surface area is 158 Å². The van der Waals surface area contributed by atoms with Crippen LogP contribution in [0.5, 0.6) is 28.7 Å². The van der Waals surface area contributed by atoms with E-state index in [1.54, 1.807) is 53.7 Å². The van der Waals surface area contributed by atoms with Crippen molar-refractivity contribution in [1.29, 1.82) is 0 Å². The Kier molecular flexibility index (Phi) is 5.26. The van der Waals surface area contributed by atoms with Gasteiger partial charge in [-0.15, -0.1) is 0 Å². The smallest absolute Gasteiger partial charge is 0.189 e. The molecule has 6 heteroatoms. The van der Waals surface area contributed by atoms with Crippen LogP contribution in [0.15, 0.2) is 29.8 Å². The van der Waals surface area contributed by atoms with Gasteiger partial charge in [0.05, 0.1) is 35.5 Å². The van der Waals surface area contributed by atoms with Gasteiger partial charge in [-0.05, 0) is 29.8 Å². The molecule has 0 N–H and O–H groups in total. The van der Waals surface area contributed by atoms with Crippen molar-refractivity contribution in [1.82, 2.24) is 0 Å². The average molecular weight is 370 g/mol. The van der Waals surface area contributed by atoms with Crippen LogP contribution in [0.25, 0.3) is 6.08 Å². The number of ketones is 1. The highest BCUT2D eigenvalue weighted by Crippen LogP contribution is 2.39. The molecule has 1 aliphatic carbocycles. The van der Waals surface area contributed by atoms with Crippen molar-refractivity contribution in [3.05, 3.63) is 46.5 Å². The molecule has 0 heterocycles. The maximum absolute atomic E-state index is 12.9. The van der Waals surface area contributed by atoms with Gasteiger partial charge in [0, 0.05) is 29.2 Å². The second-order valence-corrected chi connectivity index (χ2v) is 5.99. The van der Waals surface area contributed by atoms with E-state index in [0.29, 0.717) is 46.3 Å². The lowest BCUT2D eigenvalue weighted by molar-refractivity contribution is 0.104. The molecule has 0 radical (unpaired) electrons. The summed E-state index contributed by atoms with van der Waals surface area (Å²) in [4.78, 5) is 12.9. The predicted molar refractivity (Wildman–Crippen MR) is 102 cm³/mol. The summed E-state index contributed by atoms with van der Waals surface area (Å²) in [5, 5.41) is 0. The third-order valence-corrected chi connectivity index (χ3v) is 4.59. The van der Waals surface area contributed by atoms with Crippen molar-refractivity contribution in [3.63, 3.8) is 0 Å². The van der Waals surface area contributed by atoms with Crippen LogP contribution in [0.1, 0.15) is 21.5 Å². The number of rotatable bonds is 6. The second kappa shape index (κ2) is 7.61. The third kappa shape index (κ3) is 3.30. The molecule has 0 unspecified atom stereocenters. The van der Waals surface area contributed by atoms with Gasteiger partial charge in [0.1, 0.15) is 5.75 Å². The Bertz CT molecular complexity index is 913. The molecule has 2 aromatic rings. The van der Waals surface area contributed by atoms with Crippen LogP contribution in [-0.2, 0) is 6.42 Å². The summed E-state index contributed by atoms with van der Waals surface area (Å²) in [6.07, 6.45) is 2.33. The fourth-order valence-electron chi connectivity index (χ4n) is 3.21. The molecule has 0 atom stereocenters. The van der Waals surface area contributed by atoms with Gasteiger partial charge in [0.25, 0.3) is 0 Å². The fraction of sp³-hybridized carbons (Fsp3) is 0.286. The number of hydrogen-bond acceptors (Lipinski definition) is 6. The number of allylic oxidation sites excluding steroid dienone is 1. The lowest BCUT2D eigenvalue weighted by Crippen LogP contribution is -1.99. The minimum atomic E-state index is -0.0391. The molecule has 2 aromatic carbocycles. The molecule has 142 valence electrons. The standard InChI is InChI=1S/C21H22O6/c1-23-16-11-20(27-5)18(25-3)9-13(16)7-14-6-12-8-17(24-2)19(26-4)10-15(12)21(14)22/h7-11H,6H2,1-5H3/b14-7-. The average Bonchev–Trinajstić information content (AvgIpc) is 3.00. The van der Waals surface area contributed by atoms with Crippen LogP contribution in [0.2, 0.25) is 0 Å². The van der Waals surface area contributed by atoms with Gasteiger partial charge < -0.3 is 23.7 Å². The number of benzene rings is 2. The minimum Gasteiger partial charge on any atom is -0.496 e. The van der Waals surface area contributed by atoms with Gasteiger partial charge in [0.2, 0.25) is 0 Å². The van der Waals surface area contributed by atoms with Crippen molar-refractivity contribution in [3.8, 4) is 28.7 Å². The monoisotopic (exact) mass is 370 g/mol. The van der Waals surface area contributed by atoms with E-state index in [0.717, 1.165) is 11.1 Å². The van der Waals surface area contributed by atoms with E-state index in [4.69, 9.17) is 23.7 Å². The summed E-state index contributed by atoms with van der Waals surface area (Å²) in [6.45, 7) is 0. The molecular formula is C21H22O6. The molecule has 0 bridgehead atoms. The van der Waals surface area contributed by atoms with Crippen molar-refractivity contribution in [2.75, 3.05) is 35.5 Å². The topological polar surface area (TPSA) is 63.2 Å². The zero-order valence-electron chi connectivity index (χ0n) is 16.0. The van der Waals surface area contributed by atoms with Gasteiger partial charge >= 0.3 is 0 Å². The van der Waals surface area contributed by atoms with Gasteiger partial charge in [0.15, 0.2) is 28.8 Å². The van der Waals surface area contributed by atoms with E-state index in [1.807, 2.05) is 12.1 Å². The number of carbonyl (C=O) groups is 1. The van der Waals surface area contributed by atoms with Crippen molar-refractivity contribution < 1.29 is 28.5 Å². The molecule has 0 amide bonds. The van der Waals surface area contributed by atoms with Crippen molar-refractivity contribution in [2.45, 2.75) is 6.42 Å². The van der Waals surface area contributed by atoms with Gasteiger partial charge in [-0.25, -0.2) is 0 Å². The predicted octanol–water partition coefficient (Wildman–Crippen LogP) is 3.55. The van der Waals surface area contributed by atoms with E-state index >= 15 is 0 Å². The molecule has 0 aromatic heterocycles. The first-order valence-corrected chi connectivity index (χ1v) is 8.36. The second-order valence-electron chi connectivity index (χ2n) is 5.99. The van der Waals surface area contributed by atoms with Crippen molar-refractivity contribution in [2.24, 2.45) is 0 Å². The number of ether oxygens (including phenoxy) is 5. The Hall–Kier alpha value is -3.15.